The number of hydrogen-bond acceptors (Lipinski definition) is 4. The fourth-order valence-corrected chi connectivity index (χ4v) is 3.82. The zero-order valence-corrected chi connectivity index (χ0v) is 13.3. The van der Waals surface area contributed by atoms with Crippen LogP contribution in [0.2, 0.25) is 0 Å². The van der Waals surface area contributed by atoms with E-state index in [0.717, 1.165) is 25.8 Å². The number of rotatable bonds is 2. The second-order valence-electron chi connectivity index (χ2n) is 6.65. The average molecular weight is 315 g/mol. The van der Waals surface area contributed by atoms with Gasteiger partial charge in [-0.15, -0.1) is 0 Å². The molecular formula is C17H21N3O3. The molecule has 2 aliphatic rings. The van der Waals surface area contributed by atoms with Crippen LogP contribution in [-0.4, -0.2) is 45.9 Å². The number of carbonyl (C=O) groups is 1. The van der Waals surface area contributed by atoms with Crippen LogP contribution in [-0.2, 0) is 11.8 Å². The first-order valence-electron chi connectivity index (χ1n) is 8.10. The molecule has 1 amide bonds. The third-order valence-corrected chi connectivity index (χ3v) is 4.96. The van der Waals surface area contributed by atoms with Crippen LogP contribution in [0.1, 0.15) is 41.3 Å². The van der Waals surface area contributed by atoms with Crippen molar-refractivity contribution in [3.05, 3.63) is 42.1 Å². The molecule has 6 heteroatoms. The number of likely N-dealkylation sites (tertiary alicyclic amines) is 1. The van der Waals surface area contributed by atoms with Gasteiger partial charge >= 0.3 is 0 Å². The molecule has 2 fully saturated rings. The predicted octanol–water partition coefficient (Wildman–Crippen LogP) is 2.19. The Balaban J connectivity index is 1.48. The molecule has 0 unspecified atom stereocenters. The first-order chi connectivity index (χ1) is 11.2. The molecule has 2 saturated heterocycles. The highest BCUT2D eigenvalue weighted by atomic mass is 16.5. The second-order valence-corrected chi connectivity index (χ2v) is 6.65. The maximum atomic E-state index is 12.5. The average Bonchev–Trinajstić information content (AvgIpc) is 3.28. The minimum atomic E-state index is -0.221. The molecule has 2 aromatic heterocycles. The summed E-state index contributed by atoms with van der Waals surface area (Å²) in [7, 11) is 1.93. The van der Waals surface area contributed by atoms with E-state index in [-0.39, 0.29) is 11.5 Å². The normalized spacial score (nSPS) is 27.7. The number of nitrogens with zero attached hydrogens (tertiary/aromatic N) is 3. The van der Waals surface area contributed by atoms with Gasteiger partial charge in [-0.05, 0) is 37.0 Å². The Labute approximate surface area is 135 Å². The summed E-state index contributed by atoms with van der Waals surface area (Å²) < 4.78 is 13.3. The Morgan fingerprint density at radius 3 is 3.13 bits per heavy atom. The van der Waals surface area contributed by atoms with Crippen molar-refractivity contribution in [2.24, 2.45) is 7.05 Å². The highest BCUT2D eigenvalue weighted by Crippen LogP contribution is 2.41. The lowest BCUT2D eigenvalue weighted by molar-refractivity contribution is -0.0453. The van der Waals surface area contributed by atoms with Crippen molar-refractivity contribution in [1.29, 1.82) is 0 Å². The van der Waals surface area contributed by atoms with Gasteiger partial charge in [-0.3, -0.25) is 9.48 Å². The quantitative estimate of drug-likeness (QED) is 0.852. The van der Waals surface area contributed by atoms with Gasteiger partial charge in [0.1, 0.15) is 0 Å². The van der Waals surface area contributed by atoms with Gasteiger partial charge in [-0.2, -0.15) is 5.10 Å². The zero-order valence-electron chi connectivity index (χ0n) is 13.3. The lowest BCUT2D eigenvalue weighted by Gasteiger charge is -2.39. The van der Waals surface area contributed by atoms with E-state index in [2.05, 4.69) is 11.3 Å². The van der Waals surface area contributed by atoms with Crippen LogP contribution in [0.5, 0.6) is 0 Å². The SMILES string of the molecule is Cn1cc([C@@H]2CO[C@]3(CCCN(C(=O)c4ccco4)C3)C2)cn1. The second kappa shape index (κ2) is 5.53. The molecule has 122 valence electrons. The Morgan fingerprint density at radius 1 is 1.48 bits per heavy atom. The van der Waals surface area contributed by atoms with Gasteiger partial charge < -0.3 is 14.1 Å². The van der Waals surface area contributed by atoms with Crippen molar-refractivity contribution in [3.63, 3.8) is 0 Å². The standard InChI is InChI=1S/C17H21N3O3/c1-19-10-14(9-18-19)13-8-17(23-11-13)5-3-6-20(12-17)16(21)15-4-2-7-22-15/h2,4,7,9-10,13H,3,5-6,8,11-12H2,1H3/t13-,17+/m0/s1. The number of carbonyl (C=O) groups excluding carboxylic acids is 1. The largest absolute Gasteiger partial charge is 0.459 e. The van der Waals surface area contributed by atoms with Crippen LogP contribution in [0.3, 0.4) is 0 Å². The molecule has 0 bridgehead atoms. The van der Waals surface area contributed by atoms with Crippen LogP contribution in [0.25, 0.3) is 0 Å². The van der Waals surface area contributed by atoms with Gasteiger partial charge in [0.25, 0.3) is 5.91 Å². The van der Waals surface area contributed by atoms with Crippen molar-refractivity contribution in [2.45, 2.75) is 30.8 Å². The summed E-state index contributed by atoms with van der Waals surface area (Å²) in [4.78, 5) is 14.4. The topological polar surface area (TPSA) is 60.5 Å². The van der Waals surface area contributed by atoms with Gasteiger partial charge in [0, 0.05) is 25.7 Å². The summed E-state index contributed by atoms with van der Waals surface area (Å²) in [5, 5.41) is 4.26. The Bertz CT molecular complexity index is 694. The van der Waals surface area contributed by atoms with E-state index >= 15 is 0 Å². The summed E-state index contributed by atoms with van der Waals surface area (Å²) in [6.07, 6.45) is 8.43. The zero-order chi connectivity index (χ0) is 15.9. The van der Waals surface area contributed by atoms with E-state index in [9.17, 15) is 4.79 Å². The maximum Gasteiger partial charge on any atom is 0.289 e. The molecule has 6 nitrogen and oxygen atoms in total. The lowest BCUT2D eigenvalue weighted by atomic mass is 9.85. The molecule has 2 atom stereocenters. The molecule has 4 rings (SSSR count). The van der Waals surface area contributed by atoms with Gasteiger partial charge in [0.2, 0.25) is 0 Å². The molecule has 0 radical (unpaired) electrons. The molecular weight excluding hydrogens is 294 g/mol. The summed E-state index contributed by atoms with van der Waals surface area (Å²) in [6.45, 7) is 2.11. The third-order valence-electron chi connectivity index (χ3n) is 4.96. The molecule has 2 aliphatic heterocycles. The van der Waals surface area contributed by atoms with Gasteiger partial charge in [-0.25, -0.2) is 0 Å². The van der Waals surface area contributed by atoms with E-state index in [1.807, 2.05) is 22.8 Å². The molecule has 23 heavy (non-hydrogen) atoms. The first kappa shape index (κ1) is 14.5. The van der Waals surface area contributed by atoms with E-state index in [0.29, 0.717) is 24.8 Å². The number of aryl methyl sites for hydroxylation is 1. The van der Waals surface area contributed by atoms with E-state index in [1.165, 1.54) is 11.8 Å². The summed E-state index contributed by atoms with van der Waals surface area (Å²) in [6, 6.07) is 3.47. The summed E-state index contributed by atoms with van der Waals surface area (Å²) >= 11 is 0. The van der Waals surface area contributed by atoms with Crippen LogP contribution in [0.4, 0.5) is 0 Å². The number of hydrogen-bond donors (Lipinski definition) is 0. The number of ether oxygens (including phenoxy) is 1. The maximum absolute atomic E-state index is 12.5. The number of aromatic nitrogens is 2. The van der Waals surface area contributed by atoms with Crippen molar-refractivity contribution in [1.82, 2.24) is 14.7 Å². The number of furan rings is 1. The fraction of sp³-hybridized carbons (Fsp3) is 0.529. The predicted molar refractivity (Wildman–Crippen MR) is 83.1 cm³/mol. The van der Waals surface area contributed by atoms with Crippen molar-refractivity contribution < 1.29 is 13.9 Å². The van der Waals surface area contributed by atoms with Crippen LogP contribution >= 0.6 is 0 Å². The fourth-order valence-electron chi connectivity index (χ4n) is 3.82. The summed E-state index contributed by atoms with van der Waals surface area (Å²) in [5.74, 6) is 0.730. The first-order valence-corrected chi connectivity index (χ1v) is 8.10. The Hall–Kier alpha value is -2.08. The van der Waals surface area contributed by atoms with Crippen LogP contribution < -0.4 is 0 Å². The Kier molecular flexibility index (Phi) is 3.49. The molecule has 0 aliphatic carbocycles. The molecule has 2 aromatic rings. The highest BCUT2D eigenvalue weighted by molar-refractivity contribution is 5.91. The molecule has 1 spiro atoms. The van der Waals surface area contributed by atoms with Gasteiger partial charge in [0.15, 0.2) is 5.76 Å². The van der Waals surface area contributed by atoms with Gasteiger partial charge in [0.05, 0.1) is 31.2 Å². The van der Waals surface area contributed by atoms with Crippen molar-refractivity contribution >= 4 is 5.91 Å². The molecule has 0 aromatic carbocycles. The Morgan fingerprint density at radius 2 is 2.39 bits per heavy atom. The lowest BCUT2D eigenvalue weighted by Crippen LogP contribution is -2.50. The third kappa shape index (κ3) is 2.67. The molecule has 0 saturated carbocycles. The van der Waals surface area contributed by atoms with Crippen molar-refractivity contribution in [2.75, 3.05) is 19.7 Å². The minimum absolute atomic E-state index is 0.0393. The van der Waals surface area contributed by atoms with E-state index in [4.69, 9.17) is 9.15 Å². The monoisotopic (exact) mass is 315 g/mol. The van der Waals surface area contributed by atoms with Gasteiger partial charge in [-0.1, -0.05) is 0 Å². The number of amides is 1. The number of piperidine rings is 1. The molecule has 0 N–H and O–H groups in total. The van der Waals surface area contributed by atoms with Crippen LogP contribution in [0, 0.1) is 0 Å². The smallest absolute Gasteiger partial charge is 0.289 e. The minimum Gasteiger partial charge on any atom is -0.459 e. The molecule has 4 heterocycles. The highest BCUT2D eigenvalue weighted by Gasteiger charge is 2.45. The summed E-state index contributed by atoms with van der Waals surface area (Å²) in [5.41, 5.74) is 1.000. The van der Waals surface area contributed by atoms with E-state index in [1.54, 1.807) is 12.1 Å². The van der Waals surface area contributed by atoms with Crippen LogP contribution in [0.15, 0.2) is 35.2 Å². The van der Waals surface area contributed by atoms with Crippen molar-refractivity contribution in [3.8, 4) is 0 Å². The van der Waals surface area contributed by atoms with E-state index < -0.39 is 0 Å².